The lowest BCUT2D eigenvalue weighted by molar-refractivity contribution is 0.0521. The molecule has 1 saturated carbocycles. The molecule has 1 unspecified atom stereocenters. The molecule has 2 rings (SSSR count). The molecule has 0 aromatic carbocycles. The maximum atomic E-state index is 11.6. The minimum absolute atomic E-state index is 0.341. The summed E-state index contributed by atoms with van der Waals surface area (Å²) in [4.78, 5) is 15.6. The molecule has 0 bridgehead atoms. The van der Waals surface area contributed by atoms with Crippen molar-refractivity contribution in [1.29, 1.82) is 0 Å². The van der Waals surface area contributed by atoms with E-state index in [1.165, 1.54) is 17.8 Å². The molecule has 4 nitrogen and oxygen atoms in total. The molecule has 1 aliphatic rings. The second kappa shape index (κ2) is 4.64. The fraction of sp³-hybridized carbons (Fsp3) is 0.667. The number of aromatic nitrogens is 1. The number of hydrogen-bond donors (Lipinski definition) is 1. The summed E-state index contributed by atoms with van der Waals surface area (Å²) in [5, 5.41) is 4.13. The molecule has 94 valence electrons. The molecule has 1 heterocycles. The van der Waals surface area contributed by atoms with Crippen molar-refractivity contribution in [1.82, 2.24) is 4.98 Å². The first kappa shape index (κ1) is 12.4. The van der Waals surface area contributed by atoms with Gasteiger partial charge in [-0.05, 0) is 24.7 Å². The number of ether oxygens (including phenoxy) is 1. The molecule has 0 aliphatic heterocycles. The van der Waals surface area contributed by atoms with Gasteiger partial charge in [0.05, 0.1) is 12.1 Å². The molecule has 1 atom stereocenters. The summed E-state index contributed by atoms with van der Waals surface area (Å²) >= 11 is 1.45. The van der Waals surface area contributed by atoms with Crippen LogP contribution in [-0.2, 0) is 4.74 Å². The van der Waals surface area contributed by atoms with Crippen LogP contribution in [0.15, 0.2) is 5.51 Å². The molecule has 1 N–H and O–H groups in total. The van der Waals surface area contributed by atoms with Gasteiger partial charge in [-0.3, -0.25) is 0 Å². The fourth-order valence-electron chi connectivity index (χ4n) is 1.86. The van der Waals surface area contributed by atoms with Crippen LogP contribution in [0.1, 0.15) is 37.7 Å². The van der Waals surface area contributed by atoms with Crippen molar-refractivity contribution in [2.45, 2.75) is 27.2 Å². The van der Waals surface area contributed by atoms with Crippen molar-refractivity contribution >= 4 is 22.3 Å². The highest BCUT2D eigenvalue weighted by Crippen LogP contribution is 2.51. The largest absolute Gasteiger partial charge is 0.461 e. The van der Waals surface area contributed by atoms with Crippen LogP contribution in [0.4, 0.5) is 5.00 Å². The second-order valence-corrected chi connectivity index (χ2v) is 5.88. The lowest BCUT2D eigenvalue weighted by Gasteiger charge is -2.07. The Kier molecular flexibility index (Phi) is 3.38. The molecule has 0 radical (unpaired) electrons. The van der Waals surface area contributed by atoms with Crippen LogP contribution >= 0.6 is 11.3 Å². The molecule has 1 aliphatic carbocycles. The summed E-state index contributed by atoms with van der Waals surface area (Å²) in [6, 6.07) is 0. The molecular weight excluding hydrogens is 236 g/mol. The van der Waals surface area contributed by atoms with Crippen molar-refractivity contribution in [2.24, 2.45) is 11.3 Å². The number of carbonyl (C=O) groups is 1. The van der Waals surface area contributed by atoms with Gasteiger partial charge in [-0.15, -0.1) is 11.3 Å². The predicted octanol–water partition coefficient (Wildman–Crippen LogP) is 2.78. The molecule has 17 heavy (non-hydrogen) atoms. The Morgan fingerprint density at radius 2 is 2.41 bits per heavy atom. The number of anilines is 1. The number of nitrogens with zero attached hydrogens (tertiary/aromatic N) is 1. The third-order valence-electron chi connectivity index (χ3n) is 3.26. The first-order chi connectivity index (χ1) is 8.04. The summed E-state index contributed by atoms with van der Waals surface area (Å²) in [6.07, 6.45) is 1.24. The smallest absolute Gasteiger partial charge is 0.360 e. The van der Waals surface area contributed by atoms with Crippen molar-refractivity contribution in [3.63, 3.8) is 0 Å². The number of hydrogen-bond acceptors (Lipinski definition) is 5. The highest BCUT2D eigenvalue weighted by molar-refractivity contribution is 7.14. The van der Waals surface area contributed by atoms with Gasteiger partial charge >= 0.3 is 5.97 Å². The van der Waals surface area contributed by atoms with Gasteiger partial charge in [0, 0.05) is 6.54 Å². The van der Waals surface area contributed by atoms with Gasteiger partial charge < -0.3 is 10.1 Å². The van der Waals surface area contributed by atoms with Gasteiger partial charge in [0.1, 0.15) is 5.00 Å². The lowest BCUT2D eigenvalue weighted by atomic mass is 10.1. The Morgan fingerprint density at radius 3 is 3.00 bits per heavy atom. The second-order valence-electron chi connectivity index (χ2n) is 5.02. The SMILES string of the molecule is CCOC(=O)c1ncsc1NCC1CC1(C)C. The quantitative estimate of drug-likeness (QED) is 0.821. The van der Waals surface area contributed by atoms with E-state index in [9.17, 15) is 4.79 Å². The number of carbonyl (C=O) groups excluding carboxylic acids is 1. The summed E-state index contributed by atoms with van der Waals surface area (Å²) in [5.41, 5.74) is 2.53. The zero-order valence-corrected chi connectivity index (χ0v) is 11.3. The van der Waals surface area contributed by atoms with Gasteiger partial charge in [0.15, 0.2) is 5.69 Å². The van der Waals surface area contributed by atoms with Crippen LogP contribution < -0.4 is 5.32 Å². The van der Waals surface area contributed by atoms with Crippen molar-refractivity contribution in [3.05, 3.63) is 11.2 Å². The minimum atomic E-state index is -0.341. The predicted molar refractivity (Wildman–Crippen MR) is 68.4 cm³/mol. The summed E-state index contributed by atoms with van der Waals surface area (Å²) < 4.78 is 4.96. The highest BCUT2D eigenvalue weighted by atomic mass is 32.1. The van der Waals surface area contributed by atoms with Crippen LogP contribution in [0.5, 0.6) is 0 Å². The molecule has 5 heteroatoms. The van der Waals surface area contributed by atoms with Crippen LogP contribution in [-0.4, -0.2) is 24.1 Å². The third-order valence-corrected chi connectivity index (χ3v) is 4.05. The Hall–Kier alpha value is -1.10. The van der Waals surface area contributed by atoms with Crippen LogP contribution in [0.2, 0.25) is 0 Å². The number of thiazole rings is 1. The molecule has 0 saturated heterocycles. The fourth-order valence-corrected chi connectivity index (χ4v) is 2.53. The van der Waals surface area contributed by atoms with E-state index in [2.05, 4.69) is 24.1 Å². The zero-order valence-electron chi connectivity index (χ0n) is 10.4. The third kappa shape index (κ3) is 2.77. The normalized spacial score (nSPS) is 21.0. The standard InChI is InChI=1S/C12H18N2O2S/c1-4-16-11(15)9-10(17-7-14-9)13-6-8-5-12(8,2)3/h7-8,13H,4-6H2,1-3H3. The van der Waals surface area contributed by atoms with Gasteiger partial charge in [0.2, 0.25) is 0 Å². The van der Waals surface area contributed by atoms with E-state index in [4.69, 9.17) is 4.74 Å². The number of rotatable bonds is 5. The van der Waals surface area contributed by atoms with Crippen LogP contribution in [0, 0.1) is 11.3 Å². The maximum Gasteiger partial charge on any atom is 0.360 e. The van der Waals surface area contributed by atoms with E-state index in [0.717, 1.165) is 11.5 Å². The van der Waals surface area contributed by atoms with E-state index < -0.39 is 0 Å². The topological polar surface area (TPSA) is 51.2 Å². The monoisotopic (exact) mass is 254 g/mol. The van der Waals surface area contributed by atoms with Gasteiger partial charge in [0.25, 0.3) is 0 Å². The lowest BCUT2D eigenvalue weighted by Crippen LogP contribution is -2.11. The average molecular weight is 254 g/mol. The Labute approximate surface area is 105 Å². The Balaban J connectivity index is 1.93. The summed E-state index contributed by atoms with van der Waals surface area (Å²) in [6.45, 7) is 7.60. The van der Waals surface area contributed by atoms with E-state index in [1.807, 2.05) is 0 Å². The molecule has 1 aromatic rings. The molecular formula is C12H18N2O2S. The maximum absolute atomic E-state index is 11.6. The van der Waals surface area contributed by atoms with Gasteiger partial charge in [-0.2, -0.15) is 0 Å². The zero-order chi connectivity index (χ0) is 12.5. The first-order valence-electron chi connectivity index (χ1n) is 5.89. The van der Waals surface area contributed by atoms with Crippen molar-refractivity contribution in [2.75, 3.05) is 18.5 Å². The highest BCUT2D eigenvalue weighted by Gasteiger charge is 2.45. The molecule has 1 fully saturated rings. The van der Waals surface area contributed by atoms with Crippen LogP contribution in [0.3, 0.4) is 0 Å². The molecule has 0 amide bonds. The van der Waals surface area contributed by atoms with Crippen molar-refractivity contribution in [3.8, 4) is 0 Å². The first-order valence-corrected chi connectivity index (χ1v) is 6.77. The van der Waals surface area contributed by atoms with Gasteiger partial charge in [-0.25, -0.2) is 9.78 Å². The average Bonchev–Trinajstić information content (AvgIpc) is 2.71. The Morgan fingerprint density at radius 1 is 1.71 bits per heavy atom. The van der Waals surface area contributed by atoms with Gasteiger partial charge in [-0.1, -0.05) is 13.8 Å². The minimum Gasteiger partial charge on any atom is -0.461 e. The molecule has 1 aromatic heterocycles. The van der Waals surface area contributed by atoms with E-state index >= 15 is 0 Å². The Bertz CT molecular complexity index is 414. The van der Waals surface area contributed by atoms with Crippen LogP contribution in [0.25, 0.3) is 0 Å². The van der Waals surface area contributed by atoms with Crippen molar-refractivity contribution < 1.29 is 9.53 Å². The van der Waals surface area contributed by atoms with E-state index in [1.54, 1.807) is 12.4 Å². The summed E-state index contributed by atoms with van der Waals surface area (Å²) in [5.74, 6) is 0.353. The molecule has 0 spiro atoms. The summed E-state index contributed by atoms with van der Waals surface area (Å²) in [7, 11) is 0. The van der Waals surface area contributed by atoms with E-state index in [0.29, 0.717) is 23.6 Å². The van der Waals surface area contributed by atoms with E-state index in [-0.39, 0.29) is 5.97 Å². The number of esters is 1. The number of nitrogens with one attached hydrogen (secondary N) is 1.